The fourth-order valence-corrected chi connectivity index (χ4v) is 1.49. The maximum Gasteiger partial charge on any atom is 0.311 e. The van der Waals surface area contributed by atoms with Crippen LogP contribution in [0.1, 0.15) is 5.56 Å². The lowest BCUT2D eigenvalue weighted by Crippen LogP contribution is -1.99. The zero-order valence-corrected chi connectivity index (χ0v) is 9.96. The quantitative estimate of drug-likeness (QED) is 0.679. The number of nitrogens with two attached hydrogens (primary N) is 1. The molecule has 2 N–H and O–H groups in total. The van der Waals surface area contributed by atoms with Crippen molar-refractivity contribution in [3.05, 3.63) is 52.0 Å². The smallest absolute Gasteiger partial charge is 0.311 e. The molecule has 0 bridgehead atoms. The third kappa shape index (κ3) is 2.76. The van der Waals surface area contributed by atoms with Crippen LogP contribution in [0.4, 0.5) is 15.8 Å². The first-order valence-electron chi connectivity index (χ1n) is 5.31. The van der Waals surface area contributed by atoms with E-state index in [1.807, 2.05) is 0 Å². The van der Waals surface area contributed by atoms with Crippen molar-refractivity contribution in [2.75, 3.05) is 5.73 Å². The van der Waals surface area contributed by atoms with Crippen molar-refractivity contribution in [3.8, 4) is 11.6 Å². The van der Waals surface area contributed by atoms with Gasteiger partial charge in [0.15, 0.2) is 0 Å². The van der Waals surface area contributed by atoms with Crippen LogP contribution in [0, 0.1) is 22.9 Å². The Kier molecular flexibility index (Phi) is 3.28. The molecule has 0 spiro atoms. The van der Waals surface area contributed by atoms with Gasteiger partial charge >= 0.3 is 5.69 Å². The Morgan fingerprint density at radius 1 is 1.42 bits per heavy atom. The number of rotatable bonds is 3. The van der Waals surface area contributed by atoms with Crippen molar-refractivity contribution in [1.82, 2.24) is 4.98 Å². The summed E-state index contributed by atoms with van der Waals surface area (Å²) in [7, 11) is 0. The number of aryl methyl sites for hydroxylation is 1. The molecule has 0 aliphatic carbocycles. The minimum atomic E-state index is -0.668. The van der Waals surface area contributed by atoms with Crippen LogP contribution in [0.3, 0.4) is 0 Å². The Morgan fingerprint density at radius 2 is 2.16 bits per heavy atom. The Hall–Kier alpha value is -2.70. The molecule has 7 heteroatoms. The van der Waals surface area contributed by atoms with Gasteiger partial charge in [-0.15, -0.1) is 0 Å². The van der Waals surface area contributed by atoms with E-state index in [2.05, 4.69) is 4.98 Å². The number of nitrogens with zero attached hydrogens (tertiary/aromatic N) is 2. The van der Waals surface area contributed by atoms with E-state index < -0.39 is 10.7 Å². The predicted octanol–water partition coefficient (Wildman–Crippen LogP) is 2.81. The Bertz CT molecular complexity index is 646. The molecule has 19 heavy (non-hydrogen) atoms. The highest BCUT2D eigenvalue weighted by atomic mass is 19.1. The van der Waals surface area contributed by atoms with Gasteiger partial charge in [0.1, 0.15) is 5.82 Å². The number of halogens is 1. The third-order valence-electron chi connectivity index (χ3n) is 2.34. The van der Waals surface area contributed by atoms with Crippen molar-refractivity contribution in [2.45, 2.75) is 6.92 Å². The molecule has 0 atom stereocenters. The number of nitro groups is 1. The first-order chi connectivity index (χ1) is 8.97. The van der Waals surface area contributed by atoms with Gasteiger partial charge in [-0.1, -0.05) is 0 Å². The van der Waals surface area contributed by atoms with Gasteiger partial charge in [0.05, 0.1) is 10.6 Å². The summed E-state index contributed by atoms with van der Waals surface area (Å²) < 4.78 is 18.3. The van der Waals surface area contributed by atoms with E-state index in [0.29, 0.717) is 0 Å². The number of pyridine rings is 1. The highest BCUT2D eigenvalue weighted by Gasteiger charge is 2.18. The fourth-order valence-electron chi connectivity index (χ4n) is 1.49. The summed E-state index contributed by atoms with van der Waals surface area (Å²) in [6, 6.07) is 4.53. The molecule has 0 saturated heterocycles. The van der Waals surface area contributed by atoms with Crippen molar-refractivity contribution >= 4 is 11.4 Å². The highest BCUT2D eigenvalue weighted by Crippen LogP contribution is 2.33. The Labute approximate surface area is 107 Å². The number of nitrogen functional groups attached to an aromatic ring is 1. The summed E-state index contributed by atoms with van der Waals surface area (Å²) in [6.07, 6.45) is 1.50. The first-order valence-corrected chi connectivity index (χ1v) is 5.31. The van der Waals surface area contributed by atoms with Gasteiger partial charge in [0, 0.05) is 18.3 Å². The van der Waals surface area contributed by atoms with Gasteiger partial charge in [-0.25, -0.2) is 9.37 Å². The number of hydrogen-bond acceptors (Lipinski definition) is 5. The van der Waals surface area contributed by atoms with Crippen LogP contribution in [-0.4, -0.2) is 9.91 Å². The van der Waals surface area contributed by atoms with Gasteiger partial charge < -0.3 is 10.5 Å². The minimum Gasteiger partial charge on any atom is -0.430 e. The first kappa shape index (κ1) is 12.7. The SMILES string of the molecule is Cc1cnc(Oc2cc(F)ccc2[N+](=O)[O-])c(N)c1. The lowest BCUT2D eigenvalue weighted by atomic mass is 10.3. The zero-order chi connectivity index (χ0) is 14.0. The highest BCUT2D eigenvalue weighted by molar-refractivity contribution is 5.54. The van der Waals surface area contributed by atoms with E-state index in [1.54, 1.807) is 13.0 Å². The van der Waals surface area contributed by atoms with Crippen LogP contribution in [0.15, 0.2) is 30.5 Å². The molecule has 98 valence electrons. The number of benzene rings is 1. The number of anilines is 1. The van der Waals surface area contributed by atoms with Gasteiger partial charge in [0.25, 0.3) is 0 Å². The average molecular weight is 263 g/mol. The Morgan fingerprint density at radius 3 is 2.79 bits per heavy atom. The van der Waals surface area contributed by atoms with Crippen molar-refractivity contribution in [3.63, 3.8) is 0 Å². The number of nitro benzene ring substituents is 1. The summed E-state index contributed by atoms with van der Waals surface area (Å²) in [6.45, 7) is 1.79. The zero-order valence-electron chi connectivity index (χ0n) is 9.96. The largest absolute Gasteiger partial charge is 0.430 e. The standard InChI is InChI=1S/C12H10FN3O3/c1-7-4-9(14)12(15-6-7)19-11-5-8(13)2-3-10(11)16(17)18/h2-6H,14H2,1H3. The molecule has 2 rings (SSSR count). The molecule has 1 aromatic heterocycles. The van der Waals surface area contributed by atoms with Gasteiger partial charge in [-0.05, 0) is 24.6 Å². The van der Waals surface area contributed by atoms with E-state index in [0.717, 1.165) is 23.8 Å². The predicted molar refractivity (Wildman–Crippen MR) is 66.5 cm³/mol. The fraction of sp³-hybridized carbons (Fsp3) is 0.0833. The number of ether oxygens (including phenoxy) is 1. The molecule has 0 unspecified atom stereocenters. The number of aromatic nitrogens is 1. The van der Waals surface area contributed by atoms with Crippen molar-refractivity contribution in [2.24, 2.45) is 0 Å². The molecule has 1 aromatic carbocycles. The molecule has 6 nitrogen and oxygen atoms in total. The average Bonchev–Trinajstić information content (AvgIpc) is 2.32. The molecule has 0 aliphatic heterocycles. The van der Waals surface area contributed by atoms with Crippen LogP contribution in [0.25, 0.3) is 0 Å². The van der Waals surface area contributed by atoms with Gasteiger partial charge in [0.2, 0.25) is 11.6 Å². The molecule has 0 aliphatic rings. The molecule has 1 heterocycles. The van der Waals surface area contributed by atoms with Crippen LogP contribution >= 0.6 is 0 Å². The van der Waals surface area contributed by atoms with E-state index in [9.17, 15) is 14.5 Å². The summed E-state index contributed by atoms with van der Waals surface area (Å²) in [5, 5.41) is 10.8. The second-order valence-corrected chi connectivity index (χ2v) is 3.88. The van der Waals surface area contributed by atoms with Crippen molar-refractivity contribution in [1.29, 1.82) is 0 Å². The lowest BCUT2D eigenvalue weighted by Gasteiger charge is -2.08. The third-order valence-corrected chi connectivity index (χ3v) is 2.34. The summed E-state index contributed by atoms with van der Waals surface area (Å²) in [4.78, 5) is 14.1. The summed E-state index contributed by atoms with van der Waals surface area (Å²) >= 11 is 0. The lowest BCUT2D eigenvalue weighted by molar-refractivity contribution is -0.385. The molecule has 2 aromatic rings. The van der Waals surface area contributed by atoms with E-state index in [4.69, 9.17) is 10.5 Å². The minimum absolute atomic E-state index is 0.000648. The van der Waals surface area contributed by atoms with Crippen LogP contribution in [0.5, 0.6) is 11.6 Å². The summed E-state index contributed by atoms with van der Waals surface area (Å²) in [5.41, 5.74) is 6.36. The van der Waals surface area contributed by atoms with Gasteiger partial charge in [-0.3, -0.25) is 10.1 Å². The van der Waals surface area contributed by atoms with E-state index >= 15 is 0 Å². The topological polar surface area (TPSA) is 91.3 Å². The summed E-state index contributed by atoms with van der Waals surface area (Å²) in [5.74, 6) is -0.890. The van der Waals surface area contributed by atoms with Crippen LogP contribution in [-0.2, 0) is 0 Å². The Balaban J connectivity index is 2.42. The molecule has 0 radical (unpaired) electrons. The molecular formula is C12H10FN3O3. The second kappa shape index (κ2) is 4.89. The second-order valence-electron chi connectivity index (χ2n) is 3.88. The molecule has 0 amide bonds. The van der Waals surface area contributed by atoms with Crippen LogP contribution < -0.4 is 10.5 Å². The monoisotopic (exact) mass is 263 g/mol. The molecule has 0 saturated carbocycles. The van der Waals surface area contributed by atoms with Crippen molar-refractivity contribution < 1.29 is 14.1 Å². The van der Waals surface area contributed by atoms with E-state index in [-0.39, 0.29) is 23.0 Å². The van der Waals surface area contributed by atoms with Gasteiger partial charge in [-0.2, -0.15) is 0 Å². The molecular weight excluding hydrogens is 253 g/mol. The maximum absolute atomic E-state index is 13.1. The maximum atomic E-state index is 13.1. The van der Waals surface area contributed by atoms with E-state index in [1.165, 1.54) is 6.20 Å². The molecule has 0 fully saturated rings. The number of hydrogen-bond donors (Lipinski definition) is 1. The van der Waals surface area contributed by atoms with Crippen LogP contribution in [0.2, 0.25) is 0 Å². The normalized spacial score (nSPS) is 10.2.